The van der Waals surface area contributed by atoms with Crippen LogP contribution in [-0.2, 0) is 0 Å². The van der Waals surface area contributed by atoms with Crippen molar-refractivity contribution in [2.45, 2.75) is 12.8 Å². The summed E-state index contributed by atoms with van der Waals surface area (Å²) in [5, 5.41) is 6.02. The van der Waals surface area contributed by atoms with Gasteiger partial charge in [-0.3, -0.25) is 9.69 Å². The number of urea groups is 1. The highest BCUT2D eigenvalue weighted by Gasteiger charge is 2.27. The zero-order chi connectivity index (χ0) is 16.2. The molecule has 2 N–H and O–H groups in total. The van der Waals surface area contributed by atoms with Crippen molar-refractivity contribution < 1.29 is 9.59 Å². The number of nitrogens with zero attached hydrogens (tertiary/aromatic N) is 2. The van der Waals surface area contributed by atoms with Crippen LogP contribution in [0.2, 0.25) is 0 Å². The summed E-state index contributed by atoms with van der Waals surface area (Å²) < 4.78 is 0. The molecule has 1 unspecified atom stereocenters. The number of carbonyl (C=O) groups is 2. The van der Waals surface area contributed by atoms with Crippen LogP contribution in [0.3, 0.4) is 0 Å². The zero-order valence-electron chi connectivity index (χ0n) is 13.5. The maximum Gasteiger partial charge on any atom is 0.321 e. The summed E-state index contributed by atoms with van der Waals surface area (Å²) in [6, 6.07) is 7.31. The Kier molecular flexibility index (Phi) is 4.81. The molecule has 2 saturated heterocycles. The Morgan fingerprint density at radius 3 is 3.04 bits per heavy atom. The fraction of sp³-hybridized carbons (Fsp3) is 0.529. The van der Waals surface area contributed by atoms with Crippen LogP contribution in [0.5, 0.6) is 0 Å². The number of nitrogens with one attached hydrogen (secondary N) is 2. The van der Waals surface area contributed by atoms with Gasteiger partial charge in [-0.05, 0) is 50.6 Å². The molecule has 0 radical (unpaired) electrons. The van der Waals surface area contributed by atoms with Crippen molar-refractivity contribution in [3.05, 3.63) is 29.8 Å². The minimum absolute atomic E-state index is 0.0582. The third kappa shape index (κ3) is 3.47. The monoisotopic (exact) mass is 316 g/mol. The first-order valence-corrected chi connectivity index (χ1v) is 8.28. The normalized spacial score (nSPS) is 21.4. The van der Waals surface area contributed by atoms with Crippen LogP contribution in [0.1, 0.15) is 23.2 Å². The van der Waals surface area contributed by atoms with Crippen LogP contribution in [0.25, 0.3) is 0 Å². The smallest absolute Gasteiger partial charge is 0.321 e. The molecule has 2 aliphatic heterocycles. The van der Waals surface area contributed by atoms with Crippen LogP contribution in [0, 0.1) is 5.92 Å². The van der Waals surface area contributed by atoms with Gasteiger partial charge in [0.25, 0.3) is 5.91 Å². The summed E-state index contributed by atoms with van der Waals surface area (Å²) in [4.78, 5) is 28.3. The molecule has 0 bridgehead atoms. The summed E-state index contributed by atoms with van der Waals surface area (Å²) in [7, 11) is 1.94. The predicted molar refractivity (Wildman–Crippen MR) is 89.7 cm³/mol. The zero-order valence-corrected chi connectivity index (χ0v) is 13.5. The molecule has 0 aliphatic carbocycles. The van der Waals surface area contributed by atoms with E-state index in [4.69, 9.17) is 0 Å². The number of likely N-dealkylation sites (tertiary alicyclic amines) is 1. The first kappa shape index (κ1) is 15.8. The summed E-state index contributed by atoms with van der Waals surface area (Å²) in [5.41, 5.74) is 1.45. The molecule has 0 spiro atoms. The Morgan fingerprint density at radius 1 is 1.39 bits per heavy atom. The van der Waals surface area contributed by atoms with Crippen molar-refractivity contribution in [1.82, 2.24) is 15.5 Å². The van der Waals surface area contributed by atoms with Crippen molar-refractivity contribution in [3.63, 3.8) is 0 Å². The Labute approximate surface area is 136 Å². The topological polar surface area (TPSA) is 64.7 Å². The van der Waals surface area contributed by atoms with E-state index >= 15 is 0 Å². The SMILES string of the molecule is CNCC1CCN(C(=O)c2cccc(N3CCCNC3=O)c2)C1. The van der Waals surface area contributed by atoms with Gasteiger partial charge in [0.2, 0.25) is 0 Å². The van der Waals surface area contributed by atoms with E-state index in [-0.39, 0.29) is 11.9 Å². The van der Waals surface area contributed by atoms with Crippen LogP contribution in [-0.4, -0.2) is 56.6 Å². The highest BCUT2D eigenvalue weighted by atomic mass is 16.2. The largest absolute Gasteiger partial charge is 0.338 e. The summed E-state index contributed by atoms with van der Waals surface area (Å²) in [6.45, 7) is 3.96. The van der Waals surface area contributed by atoms with E-state index in [0.717, 1.165) is 38.2 Å². The first-order chi connectivity index (χ1) is 11.2. The van der Waals surface area contributed by atoms with Crippen molar-refractivity contribution in [1.29, 1.82) is 0 Å². The number of rotatable bonds is 4. The van der Waals surface area contributed by atoms with E-state index in [1.54, 1.807) is 4.90 Å². The van der Waals surface area contributed by atoms with Gasteiger partial charge in [0, 0.05) is 37.4 Å². The number of benzene rings is 1. The Morgan fingerprint density at radius 2 is 2.26 bits per heavy atom. The molecule has 1 aromatic rings. The molecule has 2 aliphatic rings. The lowest BCUT2D eigenvalue weighted by atomic mass is 10.1. The van der Waals surface area contributed by atoms with Crippen LogP contribution in [0.15, 0.2) is 24.3 Å². The number of hydrogen-bond acceptors (Lipinski definition) is 3. The van der Waals surface area contributed by atoms with Gasteiger partial charge < -0.3 is 15.5 Å². The molecule has 3 rings (SSSR count). The first-order valence-electron chi connectivity index (χ1n) is 8.28. The van der Waals surface area contributed by atoms with Gasteiger partial charge in [-0.1, -0.05) is 6.07 Å². The highest BCUT2D eigenvalue weighted by molar-refractivity contribution is 5.98. The van der Waals surface area contributed by atoms with Crippen LogP contribution in [0.4, 0.5) is 10.5 Å². The fourth-order valence-electron chi connectivity index (χ4n) is 3.34. The lowest BCUT2D eigenvalue weighted by molar-refractivity contribution is 0.0787. The standard InChI is InChI=1S/C17H24N4O2/c1-18-11-13-6-9-20(12-13)16(22)14-4-2-5-15(10-14)21-8-3-7-19-17(21)23/h2,4-5,10,13,18H,3,6-9,11-12H2,1H3,(H,19,23). The summed E-state index contributed by atoms with van der Waals surface area (Å²) >= 11 is 0. The van der Waals surface area contributed by atoms with Gasteiger partial charge >= 0.3 is 6.03 Å². The van der Waals surface area contributed by atoms with E-state index in [1.807, 2.05) is 36.2 Å². The third-order valence-corrected chi connectivity index (χ3v) is 4.55. The van der Waals surface area contributed by atoms with E-state index in [1.165, 1.54) is 0 Å². The minimum atomic E-state index is -0.0869. The van der Waals surface area contributed by atoms with Crippen molar-refractivity contribution in [2.24, 2.45) is 5.92 Å². The summed E-state index contributed by atoms with van der Waals surface area (Å²) in [5.74, 6) is 0.586. The van der Waals surface area contributed by atoms with Gasteiger partial charge in [0.05, 0.1) is 0 Å². The maximum absolute atomic E-state index is 12.7. The molecule has 1 atom stereocenters. The highest BCUT2D eigenvalue weighted by Crippen LogP contribution is 2.22. The van der Waals surface area contributed by atoms with E-state index in [0.29, 0.717) is 24.6 Å². The van der Waals surface area contributed by atoms with Gasteiger partial charge in [0.15, 0.2) is 0 Å². The lowest BCUT2D eigenvalue weighted by Gasteiger charge is -2.28. The number of carbonyl (C=O) groups excluding carboxylic acids is 2. The van der Waals surface area contributed by atoms with E-state index in [2.05, 4.69) is 10.6 Å². The number of amides is 3. The third-order valence-electron chi connectivity index (χ3n) is 4.55. The van der Waals surface area contributed by atoms with Gasteiger partial charge in [0.1, 0.15) is 0 Å². The Hall–Kier alpha value is -2.08. The molecule has 6 nitrogen and oxygen atoms in total. The second kappa shape index (κ2) is 7.00. The van der Waals surface area contributed by atoms with Gasteiger partial charge in [-0.2, -0.15) is 0 Å². The average Bonchev–Trinajstić information content (AvgIpc) is 3.04. The van der Waals surface area contributed by atoms with Crippen molar-refractivity contribution >= 4 is 17.6 Å². The molecule has 2 fully saturated rings. The minimum Gasteiger partial charge on any atom is -0.338 e. The summed E-state index contributed by atoms with van der Waals surface area (Å²) in [6.07, 6.45) is 1.96. The van der Waals surface area contributed by atoms with Gasteiger partial charge in [-0.15, -0.1) is 0 Å². The number of hydrogen-bond donors (Lipinski definition) is 2. The molecule has 2 heterocycles. The molecule has 0 aromatic heterocycles. The second-order valence-electron chi connectivity index (χ2n) is 6.25. The van der Waals surface area contributed by atoms with Crippen molar-refractivity contribution in [3.8, 4) is 0 Å². The van der Waals surface area contributed by atoms with Gasteiger partial charge in [-0.25, -0.2) is 4.79 Å². The number of anilines is 1. The second-order valence-corrected chi connectivity index (χ2v) is 6.25. The molecule has 6 heteroatoms. The molecular formula is C17H24N4O2. The maximum atomic E-state index is 12.7. The molecule has 124 valence electrons. The fourth-order valence-corrected chi connectivity index (χ4v) is 3.34. The molecule has 3 amide bonds. The Bertz CT molecular complexity index is 590. The van der Waals surface area contributed by atoms with Crippen LogP contribution < -0.4 is 15.5 Å². The molecular weight excluding hydrogens is 292 g/mol. The quantitative estimate of drug-likeness (QED) is 0.880. The Balaban J connectivity index is 1.72. The molecule has 23 heavy (non-hydrogen) atoms. The van der Waals surface area contributed by atoms with Crippen molar-refractivity contribution in [2.75, 3.05) is 44.7 Å². The van der Waals surface area contributed by atoms with E-state index in [9.17, 15) is 9.59 Å². The van der Waals surface area contributed by atoms with Crippen LogP contribution >= 0.6 is 0 Å². The molecule has 1 aromatic carbocycles. The molecule has 0 saturated carbocycles. The average molecular weight is 316 g/mol. The lowest BCUT2D eigenvalue weighted by Crippen LogP contribution is -2.46. The predicted octanol–water partition coefficient (Wildman–Crippen LogP) is 1.29. The van der Waals surface area contributed by atoms with E-state index < -0.39 is 0 Å².